The van der Waals surface area contributed by atoms with Crippen LogP contribution in [-0.4, -0.2) is 9.97 Å². The molecular weight excluding hydrogens is 543 g/mol. The first-order chi connectivity index (χ1) is 11.3. The lowest BCUT2D eigenvalue weighted by Crippen LogP contribution is -1.91. The van der Waals surface area contributed by atoms with Crippen LogP contribution in [-0.2, 0) is 6.42 Å². The van der Waals surface area contributed by atoms with Gasteiger partial charge in [-0.2, -0.15) is 0 Å². The molecule has 0 radical (unpaired) electrons. The van der Waals surface area contributed by atoms with Gasteiger partial charge in [0.05, 0.1) is 15.7 Å². The number of nitrogens with one attached hydrogen (secondary N) is 1. The van der Waals surface area contributed by atoms with Crippen LogP contribution >= 0.6 is 71.0 Å². The van der Waals surface area contributed by atoms with Gasteiger partial charge < -0.3 is 4.98 Å². The van der Waals surface area contributed by atoms with Crippen LogP contribution in [0.4, 0.5) is 0 Å². The molecule has 0 fully saturated rings. The molecule has 2 nitrogen and oxygen atoms in total. The minimum absolute atomic E-state index is 0.552. The normalized spacial score (nSPS) is 11.1. The van der Waals surface area contributed by atoms with Crippen molar-refractivity contribution in [3.05, 3.63) is 70.9 Å². The molecule has 3 aromatic rings. The molecule has 24 heavy (non-hydrogen) atoms. The molecule has 0 bridgehead atoms. The van der Waals surface area contributed by atoms with Gasteiger partial charge in [0.1, 0.15) is 5.82 Å². The van der Waals surface area contributed by atoms with Crippen LogP contribution in [0.15, 0.2) is 43.7 Å². The molecule has 0 spiro atoms. The Kier molecular flexibility index (Phi) is 5.77. The first-order valence-electron chi connectivity index (χ1n) is 6.99. The first kappa shape index (κ1) is 18.5. The molecule has 7 heteroatoms. The summed E-state index contributed by atoms with van der Waals surface area (Å²) < 4.78 is 2.94. The first-order valence-corrected chi connectivity index (χ1v) is 10.1. The molecule has 0 aliphatic heterocycles. The summed E-state index contributed by atoms with van der Waals surface area (Å²) in [6, 6.07) is 9.64. The lowest BCUT2D eigenvalue weighted by molar-refractivity contribution is 1.02. The van der Waals surface area contributed by atoms with Crippen molar-refractivity contribution in [3.8, 4) is 11.3 Å². The van der Waals surface area contributed by atoms with E-state index in [0.29, 0.717) is 16.5 Å². The molecule has 0 amide bonds. The van der Waals surface area contributed by atoms with E-state index in [4.69, 9.17) is 28.2 Å². The predicted molar refractivity (Wildman–Crippen MR) is 111 cm³/mol. The summed E-state index contributed by atoms with van der Waals surface area (Å²) in [6.45, 7) is 2.02. The van der Waals surface area contributed by atoms with Crippen LogP contribution in [0.2, 0.25) is 10.0 Å². The SMILES string of the molecule is Cc1[nH]c(Cc2ccc(Cl)c(Cl)c2)nc1-c1c(Br)cc(Br)cc1Br. The number of aryl methyl sites for hydroxylation is 1. The van der Waals surface area contributed by atoms with Crippen molar-refractivity contribution in [1.29, 1.82) is 0 Å². The van der Waals surface area contributed by atoms with Crippen LogP contribution < -0.4 is 0 Å². The molecule has 1 aromatic heterocycles. The standard InChI is InChI=1S/C17H11Br3Cl2N2/c1-8-17(16-11(19)6-10(18)7-12(16)20)24-15(23-8)5-9-2-3-13(21)14(22)4-9/h2-4,6-7H,5H2,1H3,(H,23,24). The number of benzene rings is 2. The van der Waals surface area contributed by atoms with Gasteiger partial charge in [0.2, 0.25) is 0 Å². The Labute approximate surface area is 175 Å². The minimum Gasteiger partial charge on any atom is -0.345 e. The minimum atomic E-state index is 0.552. The lowest BCUT2D eigenvalue weighted by atomic mass is 10.1. The van der Waals surface area contributed by atoms with Crippen LogP contribution in [0.3, 0.4) is 0 Å². The highest BCUT2D eigenvalue weighted by Gasteiger charge is 2.16. The summed E-state index contributed by atoms with van der Waals surface area (Å²) in [5.74, 6) is 0.877. The van der Waals surface area contributed by atoms with E-state index in [9.17, 15) is 0 Å². The van der Waals surface area contributed by atoms with Crippen molar-refractivity contribution in [2.75, 3.05) is 0 Å². The van der Waals surface area contributed by atoms with Crippen LogP contribution in [0.25, 0.3) is 11.3 Å². The van der Waals surface area contributed by atoms with Crippen LogP contribution in [0.5, 0.6) is 0 Å². The molecule has 0 saturated heterocycles. The Hall–Kier alpha value is -0.330. The summed E-state index contributed by atoms with van der Waals surface area (Å²) in [5.41, 5.74) is 4.00. The summed E-state index contributed by atoms with van der Waals surface area (Å²) in [6.07, 6.45) is 0.656. The van der Waals surface area contributed by atoms with Crippen molar-refractivity contribution in [1.82, 2.24) is 9.97 Å². The van der Waals surface area contributed by atoms with Crippen molar-refractivity contribution < 1.29 is 0 Å². The number of rotatable bonds is 3. The zero-order valence-corrected chi connectivity index (χ0v) is 18.7. The fourth-order valence-corrected chi connectivity index (χ4v) is 5.42. The fourth-order valence-electron chi connectivity index (χ4n) is 2.46. The predicted octanol–water partition coefficient (Wildman–Crippen LogP) is 7.57. The number of imidazole rings is 1. The number of nitrogens with zero attached hydrogens (tertiary/aromatic N) is 1. The van der Waals surface area contributed by atoms with Gasteiger partial charge in [0, 0.05) is 31.1 Å². The average Bonchev–Trinajstić information content (AvgIpc) is 2.82. The Balaban J connectivity index is 1.98. The third-order valence-corrected chi connectivity index (χ3v) is 5.98. The Bertz CT molecular complexity index is 899. The van der Waals surface area contributed by atoms with E-state index in [1.807, 2.05) is 31.2 Å². The highest BCUT2D eigenvalue weighted by molar-refractivity contribution is 9.11. The van der Waals surface area contributed by atoms with Crippen molar-refractivity contribution in [3.63, 3.8) is 0 Å². The second kappa shape index (κ2) is 7.50. The van der Waals surface area contributed by atoms with Gasteiger partial charge in [-0.25, -0.2) is 4.98 Å². The van der Waals surface area contributed by atoms with E-state index in [2.05, 4.69) is 52.8 Å². The average molecular weight is 554 g/mol. The highest BCUT2D eigenvalue weighted by Crippen LogP contribution is 2.38. The van der Waals surface area contributed by atoms with Gasteiger partial charge in [-0.15, -0.1) is 0 Å². The number of hydrogen-bond acceptors (Lipinski definition) is 1. The third-order valence-electron chi connectivity index (χ3n) is 3.53. The third kappa shape index (κ3) is 3.91. The molecule has 1 heterocycles. The van der Waals surface area contributed by atoms with Crippen molar-refractivity contribution >= 4 is 71.0 Å². The lowest BCUT2D eigenvalue weighted by Gasteiger charge is -2.06. The molecular formula is C17H11Br3Cl2N2. The maximum atomic E-state index is 6.09. The van der Waals surface area contributed by atoms with E-state index < -0.39 is 0 Å². The van der Waals surface area contributed by atoms with E-state index in [0.717, 1.165) is 41.8 Å². The van der Waals surface area contributed by atoms with Crippen LogP contribution in [0.1, 0.15) is 17.1 Å². The number of H-pyrrole nitrogens is 1. The number of aromatic nitrogens is 2. The van der Waals surface area contributed by atoms with E-state index in [1.165, 1.54) is 0 Å². The van der Waals surface area contributed by atoms with Crippen molar-refractivity contribution in [2.24, 2.45) is 0 Å². The fraction of sp³-hybridized carbons (Fsp3) is 0.118. The Morgan fingerprint density at radius 3 is 2.29 bits per heavy atom. The smallest absolute Gasteiger partial charge is 0.111 e. The van der Waals surface area contributed by atoms with Crippen molar-refractivity contribution in [2.45, 2.75) is 13.3 Å². The molecule has 124 valence electrons. The highest BCUT2D eigenvalue weighted by atomic mass is 79.9. The van der Waals surface area contributed by atoms with E-state index in [-0.39, 0.29) is 0 Å². The molecule has 3 rings (SSSR count). The van der Waals surface area contributed by atoms with Gasteiger partial charge >= 0.3 is 0 Å². The molecule has 2 aromatic carbocycles. The topological polar surface area (TPSA) is 28.7 Å². The molecule has 0 aliphatic carbocycles. The molecule has 0 atom stereocenters. The quantitative estimate of drug-likeness (QED) is 0.356. The monoisotopic (exact) mass is 550 g/mol. The maximum Gasteiger partial charge on any atom is 0.111 e. The number of halogens is 5. The summed E-state index contributed by atoms with van der Waals surface area (Å²) >= 11 is 22.8. The summed E-state index contributed by atoms with van der Waals surface area (Å²) in [7, 11) is 0. The number of hydrogen-bond donors (Lipinski definition) is 1. The Morgan fingerprint density at radius 1 is 1.00 bits per heavy atom. The van der Waals surface area contributed by atoms with Crippen LogP contribution in [0, 0.1) is 6.92 Å². The second-order valence-electron chi connectivity index (χ2n) is 5.33. The zero-order valence-electron chi connectivity index (χ0n) is 12.4. The van der Waals surface area contributed by atoms with Gasteiger partial charge in [-0.05, 0) is 36.8 Å². The summed E-state index contributed by atoms with van der Waals surface area (Å²) in [4.78, 5) is 8.13. The van der Waals surface area contributed by atoms with Gasteiger partial charge in [-0.3, -0.25) is 0 Å². The van der Waals surface area contributed by atoms with Gasteiger partial charge in [-0.1, -0.05) is 77.1 Å². The largest absolute Gasteiger partial charge is 0.345 e. The maximum absolute atomic E-state index is 6.09. The zero-order chi connectivity index (χ0) is 17.4. The molecule has 1 N–H and O–H groups in total. The molecule has 0 saturated carbocycles. The number of aromatic amines is 1. The summed E-state index contributed by atoms with van der Waals surface area (Å²) in [5, 5.41) is 1.11. The van der Waals surface area contributed by atoms with Gasteiger partial charge in [0.25, 0.3) is 0 Å². The molecule has 0 unspecified atom stereocenters. The van der Waals surface area contributed by atoms with E-state index >= 15 is 0 Å². The second-order valence-corrected chi connectivity index (χ2v) is 8.77. The Morgan fingerprint density at radius 2 is 1.67 bits per heavy atom. The van der Waals surface area contributed by atoms with Gasteiger partial charge in [0.15, 0.2) is 0 Å². The van der Waals surface area contributed by atoms with E-state index in [1.54, 1.807) is 6.07 Å². The molecule has 0 aliphatic rings.